The Morgan fingerprint density at radius 3 is 2.53 bits per heavy atom. The van der Waals surface area contributed by atoms with Crippen LogP contribution in [0, 0.1) is 0 Å². The van der Waals surface area contributed by atoms with Gasteiger partial charge in [0, 0.05) is 17.8 Å². The number of hydrogen-bond donors (Lipinski definition) is 2. The van der Waals surface area contributed by atoms with Gasteiger partial charge in [-0.1, -0.05) is 25.5 Å². The van der Waals surface area contributed by atoms with Gasteiger partial charge in [0.25, 0.3) is 10.0 Å². The number of benzene rings is 1. The summed E-state index contributed by atoms with van der Waals surface area (Å²) in [5.74, 6) is 0. The fraction of sp³-hybridized carbons (Fsp3) is 0.273. The number of carbonyl (C=O) groups is 1. The van der Waals surface area contributed by atoms with E-state index in [9.17, 15) is 13.2 Å². The molecule has 1 aliphatic heterocycles. The lowest BCUT2D eigenvalue weighted by atomic mass is 10.1. The Bertz CT molecular complexity index is 1170. The molecule has 2 N–H and O–H groups in total. The van der Waals surface area contributed by atoms with Crippen molar-refractivity contribution >= 4 is 50.1 Å². The fourth-order valence-corrected chi connectivity index (χ4v) is 5.88. The molecule has 1 unspecified atom stereocenters. The highest BCUT2D eigenvalue weighted by molar-refractivity contribution is 7.90. The van der Waals surface area contributed by atoms with Crippen molar-refractivity contribution in [2.75, 3.05) is 11.6 Å². The molecular weight excluding hydrogens is 464 g/mol. The van der Waals surface area contributed by atoms with Gasteiger partial charge in [0.2, 0.25) is 0 Å². The molecule has 0 saturated carbocycles. The number of amides is 2. The first-order chi connectivity index (χ1) is 15.5. The molecule has 1 aliphatic rings. The molecule has 0 bridgehead atoms. The van der Waals surface area contributed by atoms with Gasteiger partial charge in [0.15, 0.2) is 0 Å². The second kappa shape index (κ2) is 9.85. The summed E-state index contributed by atoms with van der Waals surface area (Å²) >= 11 is 3.33. The Balaban J connectivity index is 1.54. The molecule has 0 radical (unpaired) electrons. The number of rotatable bonds is 8. The van der Waals surface area contributed by atoms with Crippen LogP contribution in [0.2, 0.25) is 0 Å². The predicted octanol–water partition coefficient (Wildman–Crippen LogP) is 4.95. The average Bonchev–Trinajstić information content (AvgIpc) is 3.54. The first-order valence-electron chi connectivity index (χ1n) is 10.3. The lowest BCUT2D eigenvalue weighted by Gasteiger charge is -2.23. The number of hydrazone groups is 1. The van der Waals surface area contributed by atoms with Crippen LogP contribution in [0.3, 0.4) is 0 Å². The van der Waals surface area contributed by atoms with Crippen LogP contribution in [-0.2, 0) is 10.0 Å². The molecule has 1 atom stereocenters. The fourth-order valence-electron chi connectivity index (χ4n) is 3.42. The molecule has 32 heavy (non-hydrogen) atoms. The summed E-state index contributed by atoms with van der Waals surface area (Å²) in [5.41, 5.74) is 1.81. The van der Waals surface area contributed by atoms with Crippen LogP contribution in [0.25, 0.3) is 0 Å². The first-order valence-corrected chi connectivity index (χ1v) is 13.6. The Morgan fingerprint density at radius 2 is 1.88 bits per heavy atom. The molecule has 0 aliphatic carbocycles. The molecule has 4 rings (SSSR count). The minimum absolute atomic E-state index is 0.0289. The third kappa shape index (κ3) is 5.03. The van der Waals surface area contributed by atoms with Gasteiger partial charge in [-0.25, -0.2) is 17.9 Å². The predicted molar refractivity (Wildman–Crippen MR) is 130 cm³/mol. The highest BCUT2D eigenvalue weighted by Crippen LogP contribution is 2.39. The van der Waals surface area contributed by atoms with Gasteiger partial charge in [0.1, 0.15) is 0 Å². The topological polar surface area (TPSA) is 90.9 Å². The summed E-state index contributed by atoms with van der Waals surface area (Å²) in [6.07, 6.45) is 2.48. The molecule has 1 aromatic carbocycles. The van der Waals surface area contributed by atoms with Gasteiger partial charge in [0.05, 0.1) is 27.2 Å². The molecule has 168 valence electrons. The van der Waals surface area contributed by atoms with Crippen LogP contribution in [0.15, 0.2) is 69.3 Å². The van der Waals surface area contributed by atoms with Crippen molar-refractivity contribution < 1.29 is 13.2 Å². The molecule has 0 fully saturated rings. The maximum absolute atomic E-state index is 12.6. The van der Waals surface area contributed by atoms with Crippen molar-refractivity contribution in [2.45, 2.75) is 37.1 Å². The summed E-state index contributed by atoms with van der Waals surface area (Å²) < 4.78 is 27.2. The van der Waals surface area contributed by atoms with E-state index in [-0.39, 0.29) is 10.9 Å². The quantitative estimate of drug-likeness (QED) is 0.439. The van der Waals surface area contributed by atoms with E-state index in [4.69, 9.17) is 5.10 Å². The van der Waals surface area contributed by atoms with E-state index in [0.717, 1.165) is 35.5 Å². The van der Waals surface area contributed by atoms with E-state index in [1.54, 1.807) is 34.8 Å². The molecule has 10 heteroatoms. The van der Waals surface area contributed by atoms with Crippen molar-refractivity contribution in [1.29, 1.82) is 0 Å². The van der Waals surface area contributed by atoms with Crippen molar-refractivity contribution in [3.63, 3.8) is 0 Å². The molecule has 0 spiro atoms. The first kappa shape index (κ1) is 22.5. The summed E-state index contributed by atoms with van der Waals surface area (Å²) in [7, 11) is -3.95. The minimum atomic E-state index is -3.95. The van der Waals surface area contributed by atoms with Gasteiger partial charge in [-0.3, -0.25) is 5.01 Å². The molecule has 3 aromatic rings. The second-order valence-corrected chi connectivity index (χ2v) is 10.9. The number of anilines is 1. The second-order valence-electron chi connectivity index (χ2n) is 7.31. The van der Waals surface area contributed by atoms with E-state index >= 15 is 0 Å². The summed E-state index contributed by atoms with van der Waals surface area (Å²) in [6.45, 7) is 2.43. The van der Waals surface area contributed by atoms with Gasteiger partial charge < -0.3 is 5.32 Å². The standard InChI is InChI=1S/C22H24N4O3S3/c1-2-3-12-23-22(27)25-32(28,29)17-10-8-16(9-11-17)26-19(21-7-5-14-31-21)15-18(24-26)20-6-4-13-30-20/h4-11,13-14,19H,2-3,12,15H2,1H3,(H2,23,25,27). The van der Waals surface area contributed by atoms with Crippen molar-refractivity contribution in [2.24, 2.45) is 5.10 Å². The number of nitrogens with one attached hydrogen (secondary N) is 2. The number of unbranched alkanes of at least 4 members (excludes halogenated alkanes) is 1. The number of urea groups is 1. The van der Waals surface area contributed by atoms with Crippen molar-refractivity contribution in [1.82, 2.24) is 10.0 Å². The number of hydrogen-bond acceptors (Lipinski definition) is 7. The lowest BCUT2D eigenvalue weighted by Crippen LogP contribution is -2.39. The van der Waals surface area contributed by atoms with Crippen molar-refractivity contribution in [3.8, 4) is 0 Å². The van der Waals surface area contributed by atoms with Crippen LogP contribution in [0.5, 0.6) is 0 Å². The number of nitrogens with zero attached hydrogens (tertiary/aromatic N) is 2. The van der Waals surface area contributed by atoms with E-state index in [0.29, 0.717) is 6.54 Å². The summed E-state index contributed by atoms with van der Waals surface area (Å²) in [4.78, 5) is 14.2. The number of sulfonamides is 1. The molecule has 3 heterocycles. The van der Waals surface area contributed by atoms with E-state index in [1.165, 1.54) is 17.0 Å². The number of carbonyl (C=O) groups excluding carboxylic acids is 1. The van der Waals surface area contributed by atoms with Gasteiger partial charge in [-0.2, -0.15) is 5.10 Å². The summed E-state index contributed by atoms with van der Waals surface area (Å²) in [6, 6.07) is 14.0. The van der Waals surface area contributed by atoms with Crippen LogP contribution in [0.4, 0.5) is 10.5 Å². The normalized spacial score (nSPS) is 16.1. The third-order valence-corrected chi connectivity index (χ3v) is 8.28. The van der Waals surface area contributed by atoms with Gasteiger partial charge in [-0.15, -0.1) is 22.7 Å². The maximum Gasteiger partial charge on any atom is 0.328 e. The number of thiophene rings is 2. The maximum atomic E-state index is 12.6. The zero-order valence-electron chi connectivity index (χ0n) is 17.5. The van der Waals surface area contributed by atoms with Crippen LogP contribution in [-0.4, -0.2) is 26.7 Å². The van der Waals surface area contributed by atoms with Gasteiger partial charge in [-0.05, 0) is 53.6 Å². The highest BCUT2D eigenvalue weighted by atomic mass is 32.2. The Hall–Kier alpha value is -2.69. The van der Waals surface area contributed by atoms with Crippen LogP contribution < -0.4 is 15.0 Å². The minimum Gasteiger partial charge on any atom is -0.337 e. The Kier molecular flexibility index (Phi) is 6.92. The zero-order valence-corrected chi connectivity index (χ0v) is 20.0. The van der Waals surface area contributed by atoms with Gasteiger partial charge >= 0.3 is 6.03 Å². The molecule has 7 nitrogen and oxygen atoms in total. The Labute approximate surface area is 195 Å². The van der Waals surface area contributed by atoms with Crippen molar-refractivity contribution in [3.05, 3.63) is 69.0 Å². The summed E-state index contributed by atoms with van der Waals surface area (Å²) in [5, 5.41) is 13.4. The van der Waals surface area contributed by atoms with E-state index in [2.05, 4.69) is 22.2 Å². The highest BCUT2D eigenvalue weighted by Gasteiger charge is 2.31. The third-order valence-electron chi connectivity index (χ3n) is 5.04. The largest absolute Gasteiger partial charge is 0.337 e. The average molecular weight is 489 g/mol. The Morgan fingerprint density at radius 1 is 1.12 bits per heavy atom. The smallest absolute Gasteiger partial charge is 0.328 e. The zero-order chi connectivity index (χ0) is 22.6. The van der Waals surface area contributed by atoms with Crippen LogP contribution in [0.1, 0.15) is 42.0 Å². The monoisotopic (exact) mass is 488 g/mol. The molecule has 0 saturated heterocycles. The molecule has 2 amide bonds. The van der Waals surface area contributed by atoms with Crippen LogP contribution >= 0.6 is 22.7 Å². The lowest BCUT2D eigenvalue weighted by molar-refractivity contribution is 0.245. The van der Waals surface area contributed by atoms with E-state index < -0.39 is 16.1 Å². The molecule has 2 aromatic heterocycles. The molecular formula is C22H24N4O3S3. The van der Waals surface area contributed by atoms with E-state index in [1.807, 2.05) is 34.8 Å². The SMILES string of the molecule is CCCCNC(=O)NS(=O)(=O)c1ccc(N2N=C(c3cccs3)CC2c2cccs2)cc1.